The minimum absolute atomic E-state index is 0.00107. The average Bonchev–Trinajstić information content (AvgIpc) is 3.57. The molecule has 3 aromatic rings. The second-order valence-electron chi connectivity index (χ2n) is 8.34. The molecule has 1 saturated carbocycles. The van der Waals surface area contributed by atoms with Gasteiger partial charge in [-0.2, -0.15) is 0 Å². The van der Waals surface area contributed by atoms with Crippen LogP contribution in [-0.2, 0) is 11.2 Å². The molecule has 0 spiro atoms. The molecule has 2 amide bonds. The summed E-state index contributed by atoms with van der Waals surface area (Å²) in [5.41, 5.74) is 2.88. The van der Waals surface area contributed by atoms with E-state index in [0.717, 1.165) is 30.6 Å². The van der Waals surface area contributed by atoms with Crippen LogP contribution < -0.4 is 4.74 Å². The van der Waals surface area contributed by atoms with Gasteiger partial charge < -0.3 is 14.5 Å². The van der Waals surface area contributed by atoms with Gasteiger partial charge in [0.05, 0.1) is 13.2 Å². The Morgan fingerprint density at radius 2 is 1.81 bits per heavy atom. The van der Waals surface area contributed by atoms with E-state index in [4.69, 9.17) is 4.74 Å². The summed E-state index contributed by atoms with van der Waals surface area (Å²) in [4.78, 5) is 31.8. The lowest BCUT2D eigenvalue weighted by Crippen LogP contribution is -2.47. The largest absolute Gasteiger partial charge is 0.497 e. The predicted octanol–water partition coefficient (Wildman–Crippen LogP) is 4.54. The van der Waals surface area contributed by atoms with Crippen molar-refractivity contribution < 1.29 is 14.3 Å². The van der Waals surface area contributed by atoms with Gasteiger partial charge in [-0.25, -0.2) is 0 Å². The SMILES string of the molecule is COc1ccc(C2c3ccsc3CCN2C(=O)CN(C(=O)c2ccccc2)C2CC2)cc1. The third-order valence-electron chi connectivity index (χ3n) is 6.29. The fourth-order valence-electron chi connectivity index (χ4n) is 4.47. The van der Waals surface area contributed by atoms with Crippen LogP contribution in [0.1, 0.15) is 45.2 Å². The molecule has 0 saturated heterocycles. The fraction of sp³-hybridized carbons (Fsp3) is 0.308. The first kappa shape index (κ1) is 20.8. The van der Waals surface area contributed by atoms with E-state index >= 15 is 0 Å². The number of carbonyl (C=O) groups excluding carboxylic acids is 2. The maximum Gasteiger partial charge on any atom is 0.254 e. The molecule has 1 aliphatic heterocycles. The Morgan fingerprint density at radius 1 is 1.06 bits per heavy atom. The molecule has 0 N–H and O–H groups in total. The van der Waals surface area contributed by atoms with Crippen molar-refractivity contribution in [3.05, 3.63) is 87.6 Å². The first-order valence-electron chi connectivity index (χ1n) is 11.0. The summed E-state index contributed by atoms with van der Waals surface area (Å²) in [6, 6.07) is 19.4. The number of rotatable bonds is 6. The fourth-order valence-corrected chi connectivity index (χ4v) is 5.37. The molecule has 2 heterocycles. The summed E-state index contributed by atoms with van der Waals surface area (Å²) in [5.74, 6) is 0.732. The number of fused-ring (bicyclic) bond motifs is 1. The number of benzene rings is 2. The highest BCUT2D eigenvalue weighted by molar-refractivity contribution is 7.10. The van der Waals surface area contributed by atoms with Crippen molar-refractivity contribution >= 4 is 23.2 Å². The van der Waals surface area contributed by atoms with E-state index in [-0.39, 0.29) is 30.4 Å². The van der Waals surface area contributed by atoms with E-state index in [0.29, 0.717) is 12.1 Å². The van der Waals surface area contributed by atoms with Crippen molar-refractivity contribution in [1.82, 2.24) is 9.80 Å². The van der Waals surface area contributed by atoms with E-state index in [1.807, 2.05) is 59.5 Å². The van der Waals surface area contributed by atoms with E-state index < -0.39 is 0 Å². The normalized spacial score (nSPS) is 17.5. The first-order valence-corrected chi connectivity index (χ1v) is 11.9. The smallest absolute Gasteiger partial charge is 0.254 e. The number of amides is 2. The van der Waals surface area contributed by atoms with Crippen LogP contribution >= 0.6 is 11.3 Å². The van der Waals surface area contributed by atoms with Gasteiger partial charge in [-0.15, -0.1) is 11.3 Å². The molecule has 6 heteroatoms. The van der Waals surface area contributed by atoms with Crippen molar-refractivity contribution in [2.75, 3.05) is 20.2 Å². The number of ether oxygens (including phenoxy) is 1. The Kier molecular flexibility index (Phi) is 5.70. The average molecular weight is 447 g/mol. The summed E-state index contributed by atoms with van der Waals surface area (Å²) in [5, 5.41) is 2.10. The minimum atomic E-state index is -0.142. The maximum atomic E-state index is 13.6. The molecule has 2 aliphatic rings. The third-order valence-corrected chi connectivity index (χ3v) is 7.29. The summed E-state index contributed by atoms with van der Waals surface area (Å²) in [6.07, 6.45) is 2.77. The minimum Gasteiger partial charge on any atom is -0.497 e. The first-order chi connectivity index (χ1) is 15.7. The summed E-state index contributed by atoms with van der Waals surface area (Å²) in [6.45, 7) is 0.769. The lowest BCUT2D eigenvalue weighted by Gasteiger charge is -2.37. The van der Waals surface area contributed by atoms with Crippen LogP contribution in [0.3, 0.4) is 0 Å². The second kappa shape index (κ2) is 8.79. The van der Waals surface area contributed by atoms with Crippen molar-refractivity contribution in [2.24, 2.45) is 0 Å². The van der Waals surface area contributed by atoms with Gasteiger partial charge in [0.2, 0.25) is 5.91 Å². The summed E-state index contributed by atoms with van der Waals surface area (Å²) >= 11 is 1.75. The number of hydrogen-bond donors (Lipinski definition) is 0. The van der Waals surface area contributed by atoms with Crippen molar-refractivity contribution in [3.8, 4) is 5.75 Å². The molecule has 1 fully saturated rings. The Morgan fingerprint density at radius 3 is 2.50 bits per heavy atom. The van der Waals surface area contributed by atoms with Gasteiger partial charge in [-0.3, -0.25) is 9.59 Å². The van der Waals surface area contributed by atoms with Gasteiger partial charge in [0.15, 0.2) is 0 Å². The lowest BCUT2D eigenvalue weighted by atomic mass is 9.93. The summed E-state index contributed by atoms with van der Waals surface area (Å²) < 4.78 is 5.32. The van der Waals surface area contributed by atoms with Crippen LogP contribution in [-0.4, -0.2) is 47.9 Å². The molecule has 5 nitrogen and oxygen atoms in total. The highest BCUT2D eigenvalue weighted by Gasteiger charge is 2.38. The van der Waals surface area contributed by atoms with Crippen LogP contribution in [0.2, 0.25) is 0 Å². The molecule has 5 rings (SSSR count). The summed E-state index contributed by atoms with van der Waals surface area (Å²) in [7, 11) is 1.65. The maximum absolute atomic E-state index is 13.6. The Bertz CT molecular complexity index is 1110. The van der Waals surface area contributed by atoms with Crippen LogP contribution in [0.4, 0.5) is 0 Å². The molecule has 32 heavy (non-hydrogen) atoms. The molecular formula is C26H26N2O3S. The Labute approximate surface area is 192 Å². The molecule has 0 radical (unpaired) electrons. The molecule has 164 valence electrons. The topological polar surface area (TPSA) is 49.9 Å². The number of thiophene rings is 1. The van der Waals surface area contributed by atoms with Gasteiger partial charge in [0, 0.05) is 23.0 Å². The van der Waals surface area contributed by atoms with E-state index in [1.54, 1.807) is 23.3 Å². The highest BCUT2D eigenvalue weighted by Crippen LogP contribution is 2.38. The van der Waals surface area contributed by atoms with Crippen LogP contribution in [0.5, 0.6) is 5.75 Å². The Balaban J connectivity index is 1.42. The van der Waals surface area contributed by atoms with E-state index in [9.17, 15) is 9.59 Å². The zero-order valence-corrected chi connectivity index (χ0v) is 18.9. The third kappa shape index (κ3) is 4.02. The standard InChI is InChI=1S/C26H26N2O3S/c1-31-21-11-7-18(8-12-21)25-22-14-16-32-23(22)13-15-27(25)24(29)17-28(20-9-10-20)26(30)19-5-3-2-4-6-19/h2-8,11-12,14,16,20,25H,9-10,13,15,17H2,1H3. The Hall–Kier alpha value is -3.12. The molecule has 1 aliphatic carbocycles. The second-order valence-corrected chi connectivity index (χ2v) is 9.34. The van der Waals surface area contributed by atoms with Crippen molar-refractivity contribution in [1.29, 1.82) is 0 Å². The molecule has 0 bridgehead atoms. The molecular weight excluding hydrogens is 420 g/mol. The van der Waals surface area contributed by atoms with Gasteiger partial charge >= 0.3 is 0 Å². The number of hydrogen-bond acceptors (Lipinski definition) is 4. The molecule has 1 unspecified atom stereocenters. The monoisotopic (exact) mass is 446 g/mol. The lowest BCUT2D eigenvalue weighted by molar-refractivity contribution is -0.134. The quantitative estimate of drug-likeness (QED) is 0.559. The number of methoxy groups -OCH3 is 1. The van der Waals surface area contributed by atoms with Gasteiger partial charge in [0.25, 0.3) is 5.91 Å². The highest BCUT2D eigenvalue weighted by atomic mass is 32.1. The zero-order chi connectivity index (χ0) is 22.1. The van der Waals surface area contributed by atoms with E-state index in [1.165, 1.54) is 10.4 Å². The van der Waals surface area contributed by atoms with Crippen LogP contribution in [0, 0.1) is 0 Å². The van der Waals surface area contributed by atoms with Gasteiger partial charge in [-0.1, -0.05) is 30.3 Å². The predicted molar refractivity (Wildman–Crippen MR) is 125 cm³/mol. The molecule has 2 aromatic carbocycles. The van der Waals surface area contributed by atoms with Crippen LogP contribution in [0.25, 0.3) is 0 Å². The van der Waals surface area contributed by atoms with Crippen molar-refractivity contribution in [3.63, 3.8) is 0 Å². The number of carbonyl (C=O) groups is 2. The molecule has 1 atom stereocenters. The van der Waals surface area contributed by atoms with Crippen molar-refractivity contribution in [2.45, 2.75) is 31.3 Å². The van der Waals surface area contributed by atoms with Crippen LogP contribution in [0.15, 0.2) is 66.0 Å². The van der Waals surface area contributed by atoms with E-state index in [2.05, 4.69) is 11.4 Å². The zero-order valence-electron chi connectivity index (χ0n) is 18.1. The molecule has 1 aromatic heterocycles. The number of nitrogens with zero attached hydrogens (tertiary/aromatic N) is 2. The van der Waals surface area contributed by atoms with Gasteiger partial charge in [0.1, 0.15) is 12.3 Å². The van der Waals surface area contributed by atoms with Gasteiger partial charge in [-0.05, 0) is 66.1 Å².